The van der Waals surface area contributed by atoms with E-state index >= 15 is 0 Å². The van der Waals surface area contributed by atoms with Crippen molar-refractivity contribution in [1.82, 2.24) is 19.9 Å². The van der Waals surface area contributed by atoms with Crippen molar-refractivity contribution >= 4 is 11.2 Å². The molecule has 0 amide bonds. The molecule has 0 saturated heterocycles. The molecule has 0 aliphatic rings. The molecule has 0 fully saturated rings. The largest absolute Gasteiger partial charge is 0.435 e. The van der Waals surface area contributed by atoms with E-state index in [4.69, 9.17) is 0 Å². The van der Waals surface area contributed by atoms with Crippen LogP contribution in [0.2, 0.25) is 0 Å². The van der Waals surface area contributed by atoms with Gasteiger partial charge < -0.3 is 9.72 Å². The molecule has 0 atom stereocenters. The number of imidazole rings is 1. The SMILES string of the molecule is O=c1[nH]c(=O)c2[nH]c(-c3ccc(OC(F)F)cc3)nc2[nH]1. The third-order valence-corrected chi connectivity index (χ3v) is 2.74. The lowest BCUT2D eigenvalue weighted by molar-refractivity contribution is -0.0498. The molecule has 21 heavy (non-hydrogen) atoms. The van der Waals surface area contributed by atoms with Crippen molar-refractivity contribution in [2.75, 3.05) is 0 Å². The summed E-state index contributed by atoms with van der Waals surface area (Å²) in [5, 5.41) is 0. The number of hydrogen-bond donors (Lipinski definition) is 3. The minimum atomic E-state index is -2.90. The molecule has 108 valence electrons. The van der Waals surface area contributed by atoms with Crippen LogP contribution in [0.3, 0.4) is 0 Å². The number of hydrogen-bond acceptors (Lipinski definition) is 4. The van der Waals surface area contributed by atoms with Crippen LogP contribution in [0.25, 0.3) is 22.6 Å². The standard InChI is InChI=1S/C12H8F2N4O3/c13-11(14)21-6-3-1-5(2-4-6)8-15-7-9(16-8)17-12(20)18-10(7)19/h1-4,11H,(H3,15,16,17,18,19,20). The number of aromatic amines is 3. The monoisotopic (exact) mass is 294 g/mol. The zero-order valence-electron chi connectivity index (χ0n) is 10.3. The van der Waals surface area contributed by atoms with Crippen LogP contribution in [0.15, 0.2) is 33.9 Å². The minimum Gasteiger partial charge on any atom is -0.435 e. The number of rotatable bonds is 3. The molecular formula is C12H8F2N4O3. The number of aromatic nitrogens is 4. The molecule has 2 heterocycles. The summed E-state index contributed by atoms with van der Waals surface area (Å²) in [6.07, 6.45) is 0. The Morgan fingerprint density at radius 2 is 1.76 bits per heavy atom. The second kappa shape index (κ2) is 4.85. The van der Waals surface area contributed by atoms with Crippen molar-refractivity contribution in [2.24, 2.45) is 0 Å². The molecule has 0 spiro atoms. The average Bonchev–Trinajstić information content (AvgIpc) is 2.83. The quantitative estimate of drug-likeness (QED) is 0.675. The number of alkyl halides is 2. The van der Waals surface area contributed by atoms with Gasteiger partial charge in [-0.05, 0) is 24.3 Å². The zero-order valence-corrected chi connectivity index (χ0v) is 10.3. The molecule has 1 aromatic carbocycles. The van der Waals surface area contributed by atoms with Crippen molar-refractivity contribution in [1.29, 1.82) is 0 Å². The second-order valence-electron chi connectivity index (χ2n) is 4.12. The van der Waals surface area contributed by atoms with Crippen LogP contribution in [0, 0.1) is 0 Å². The van der Waals surface area contributed by atoms with Gasteiger partial charge in [0.1, 0.15) is 17.1 Å². The molecule has 0 unspecified atom stereocenters. The van der Waals surface area contributed by atoms with Gasteiger partial charge in [0, 0.05) is 5.56 Å². The maximum Gasteiger partial charge on any atom is 0.387 e. The van der Waals surface area contributed by atoms with Crippen molar-refractivity contribution in [3.8, 4) is 17.1 Å². The third-order valence-electron chi connectivity index (χ3n) is 2.74. The highest BCUT2D eigenvalue weighted by Gasteiger charge is 2.10. The predicted octanol–water partition coefficient (Wildman–Crippen LogP) is 1.21. The van der Waals surface area contributed by atoms with Crippen LogP contribution >= 0.6 is 0 Å². The van der Waals surface area contributed by atoms with E-state index < -0.39 is 17.9 Å². The lowest BCUT2D eigenvalue weighted by Crippen LogP contribution is -2.21. The molecule has 0 saturated carbocycles. The maximum atomic E-state index is 12.1. The van der Waals surface area contributed by atoms with E-state index in [2.05, 4.69) is 24.7 Å². The fourth-order valence-electron chi connectivity index (χ4n) is 1.86. The van der Waals surface area contributed by atoms with Crippen molar-refractivity contribution < 1.29 is 13.5 Å². The lowest BCUT2D eigenvalue weighted by atomic mass is 10.2. The van der Waals surface area contributed by atoms with Crippen LogP contribution in [0.4, 0.5) is 8.78 Å². The molecule has 9 heteroatoms. The first-order chi connectivity index (χ1) is 10.0. The molecule has 0 bridgehead atoms. The number of nitrogens with one attached hydrogen (secondary N) is 3. The summed E-state index contributed by atoms with van der Waals surface area (Å²) in [5.74, 6) is 0.331. The van der Waals surface area contributed by atoms with Crippen LogP contribution in [-0.4, -0.2) is 26.5 Å². The summed E-state index contributed by atoms with van der Waals surface area (Å²) in [4.78, 5) is 34.0. The van der Waals surface area contributed by atoms with Gasteiger partial charge in [-0.25, -0.2) is 9.78 Å². The summed E-state index contributed by atoms with van der Waals surface area (Å²) in [5.41, 5.74) is -0.464. The van der Waals surface area contributed by atoms with Gasteiger partial charge in [0.25, 0.3) is 5.56 Å². The van der Waals surface area contributed by atoms with Gasteiger partial charge in [-0.1, -0.05) is 0 Å². The van der Waals surface area contributed by atoms with E-state index in [0.29, 0.717) is 11.4 Å². The van der Waals surface area contributed by atoms with E-state index in [-0.39, 0.29) is 16.9 Å². The van der Waals surface area contributed by atoms with E-state index in [9.17, 15) is 18.4 Å². The van der Waals surface area contributed by atoms with Gasteiger partial charge in [0.15, 0.2) is 5.65 Å². The smallest absolute Gasteiger partial charge is 0.387 e. The van der Waals surface area contributed by atoms with Gasteiger partial charge in [-0.2, -0.15) is 8.78 Å². The first kappa shape index (κ1) is 13.0. The van der Waals surface area contributed by atoms with E-state index in [1.807, 2.05) is 0 Å². The highest BCUT2D eigenvalue weighted by atomic mass is 19.3. The van der Waals surface area contributed by atoms with Gasteiger partial charge in [-0.15, -0.1) is 0 Å². The van der Waals surface area contributed by atoms with Crippen molar-refractivity contribution in [3.63, 3.8) is 0 Å². The molecule has 3 N–H and O–H groups in total. The first-order valence-corrected chi connectivity index (χ1v) is 5.80. The van der Waals surface area contributed by atoms with Crippen LogP contribution in [0.1, 0.15) is 0 Å². The number of halogens is 2. The molecule has 0 aliphatic carbocycles. The van der Waals surface area contributed by atoms with Gasteiger partial charge in [-0.3, -0.25) is 14.8 Å². The second-order valence-corrected chi connectivity index (χ2v) is 4.12. The fraction of sp³-hybridized carbons (Fsp3) is 0.0833. The number of benzene rings is 1. The Labute approximate surface area is 114 Å². The number of nitrogens with zero attached hydrogens (tertiary/aromatic N) is 1. The van der Waals surface area contributed by atoms with E-state index in [1.165, 1.54) is 24.3 Å². The van der Waals surface area contributed by atoms with E-state index in [1.54, 1.807) is 0 Å². The van der Waals surface area contributed by atoms with Crippen LogP contribution in [-0.2, 0) is 0 Å². The number of ether oxygens (including phenoxy) is 1. The maximum absolute atomic E-state index is 12.1. The minimum absolute atomic E-state index is 0.0103. The highest BCUT2D eigenvalue weighted by Crippen LogP contribution is 2.21. The Morgan fingerprint density at radius 1 is 1.05 bits per heavy atom. The molecule has 3 aromatic rings. The van der Waals surface area contributed by atoms with Crippen molar-refractivity contribution in [2.45, 2.75) is 6.61 Å². The van der Waals surface area contributed by atoms with Crippen LogP contribution < -0.4 is 16.0 Å². The summed E-state index contributed by atoms with van der Waals surface area (Å²) in [6.45, 7) is -2.90. The Bertz CT molecular complexity index is 895. The van der Waals surface area contributed by atoms with Gasteiger partial charge in [0.2, 0.25) is 0 Å². The topological polar surface area (TPSA) is 104 Å². The molecule has 0 radical (unpaired) electrons. The highest BCUT2D eigenvalue weighted by molar-refractivity contribution is 5.74. The molecule has 2 aromatic heterocycles. The fourth-order valence-corrected chi connectivity index (χ4v) is 1.86. The molecule has 7 nitrogen and oxygen atoms in total. The summed E-state index contributed by atoms with van der Waals surface area (Å²) in [7, 11) is 0. The number of H-pyrrole nitrogens is 3. The van der Waals surface area contributed by atoms with Crippen LogP contribution in [0.5, 0.6) is 5.75 Å². The molecular weight excluding hydrogens is 286 g/mol. The zero-order chi connectivity index (χ0) is 15.0. The van der Waals surface area contributed by atoms with Gasteiger partial charge >= 0.3 is 12.3 Å². The third kappa shape index (κ3) is 2.53. The lowest BCUT2D eigenvalue weighted by Gasteiger charge is -2.04. The van der Waals surface area contributed by atoms with Crippen molar-refractivity contribution in [3.05, 3.63) is 45.1 Å². The number of fused-ring (bicyclic) bond motifs is 1. The normalized spacial score (nSPS) is 11.2. The Morgan fingerprint density at radius 3 is 2.43 bits per heavy atom. The Hall–Kier alpha value is -2.97. The average molecular weight is 294 g/mol. The van der Waals surface area contributed by atoms with E-state index in [0.717, 1.165) is 0 Å². The molecule has 0 aliphatic heterocycles. The summed E-state index contributed by atoms with van der Waals surface area (Å²) in [6, 6.07) is 5.70. The summed E-state index contributed by atoms with van der Waals surface area (Å²) >= 11 is 0. The molecule has 3 rings (SSSR count). The Kier molecular flexibility index (Phi) is 3.01. The summed E-state index contributed by atoms with van der Waals surface area (Å²) < 4.78 is 28.3. The predicted molar refractivity (Wildman–Crippen MR) is 69.4 cm³/mol. The Balaban J connectivity index is 2.02. The first-order valence-electron chi connectivity index (χ1n) is 5.80. The van der Waals surface area contributed by atoms with Gasteiger partial charge in [0.05, 0.1) is 0 Å².